The molecule has 9 heteroatoms. The minimum Gasteiger partial charge on any atom is -0.490 e. The van der Waals surface area contributed by atoms with Crippen LogP contribution in [0.2, 0.25) is 0 Å². The second-order valence-electron chi connectivity index (χ2n) is 7.09. The van der Waals surface area contributed by atoms with E-state index in [1.807, 2.05) is 0 Å². The van der Waals surface area contributed by atoms with Crippen LogP contribution in [0.1, 0.15) is 33.1 Å². The average molecular weight is 397 g/mol. The van der Waals surface area contributed by atoms with Gasteiger partial charge in [-0.15, -0.1) is 0 Å². The summed E-state index contributed by atoms with van der Waals surface area (Å²) < 4.78 is 38.8. The Hall–Kier alpha value is -1.84. The summed E-state index contributed by atoms with van der Waals surface area (Å²) in [6.45, 7) is 5.44. The first kappa shape index (κ1) is 19.9. The Morgan fingerprint density at radius 1 is 1.26 bits per heavy atom. The number of nitrogens with one attached hydrogen (secondary N) is 3. The van der Waals surface area contributed by atoms with Gasteiger partial charge in [-0.3, -0.25) is 4.79 Å². The highest BCUT2D eigenvalue weighted by atomic mass is 32.2. The molecule has 0 radical (unpaired) electrons. The zero-order chi connectivity index (χ0) is 19.4. The van der Waals surface area contributed by atoms with Gasteiger partial charge in [0.05, 0.1) is 24.2 Å². The molecule has 1 amide bonds. The fourth-order valence-corrected chi connectivity index (χ4v) is 4.47. The van der Waals surface area contributed by atoms with Crippen molar-refractivity contribution in [2.45, 2.75) is 56.1 Å². The zero-order valence-corrected chi connectivity index (χ0v) is 16.5. The maximum atomic E-state index is 12.7. The molecule has 8 nitrogen and oxygen atoms in total. The average Bonchev–Trinajstić information content (AvgIpc) is 2.86. The summed E-state index contributed by atoms with van der Waals surface area (Å²) in [4.78, 5) is 12.4. The zero-order valence-electron chi connectivity index (χ0n) is 15.7. The van der Waals surface area contributed by atoms with E-state index in [1.165, 1.54) is 12.1 Å². The van der Waals surface area contributed by atoms with Crippen LogP contribution in [0.5, 0.6) is 11.5 Å². The largest absolute Gasteiger partial charge is 0.490 e. The van der Waals surface area contributed by atoms with Crippen molar-refractivity contribution >= 4 is 15.9 Å². The summed E-state index contributed by atoms with van der Waals surface area (Å²) in [6, 6.07) is 3.97. The number of rotatable bonds is 5. The summed E-state index contributed by atoms with van der Waals surface area (Å²) in [5, 5.41) is 6.25. The maximum absolute atomic E-state index is 12.7. The van der Waals surface area contributed by atoms with Gasteiger partial charge >= 0.3 is 0 Å². The molecule has 2 aliphatic rings. The molecule has 0 saturated carbocycles. The van der Waals surface area contributed by atoms with Crippen molar-refractivity contribution in [2.75, 3.05) is 19.8 Å². The normalized spacial score (nSPS) is 23.9. The smallest absolute Gasteiger partial charge is 0.241 e. The fourth-order valence-electron chi connectivity index (χ4n) is 3.25. The first-order chi connectivity index (χ1) is 12.8. The molecule has 2 heterocycles. The summed E-state index contributed by atoms with van der Waals surface area (Å²) in [5.41, 5.74) is 0. The van der Waals surface area contributed by atoms with E-state index < -0.39 is 16.1 Å². The molecule has 1 saturated heterocycles. The van der Waals surface area contributed by atoms with Crippen LogP contribution in [0.3, 0.4) is 0 Å². The Balaban J connectivity index is 1.64. The van der Waals surface area contributed by atoms with Gasteiger partial charge in [0.1, 0.15) is 0 Å². The molecule has 3 rings (SSSR count). The predicted molar refractivity (Wildman–Crippen MR) is 100 cm³/mol. The molecule has 3 unspecified atom stereocenters. The standard InChI is InChI=1S/C18H27N3O5S/c1-12-10-14(6-7-19-12)20-18(22)13(2)21-27(23,24)15-4-5-16-17(11-15)26-9-3-8-25-16/h4-5,11-14,19,21H,3,6-10H2,1-2H3,(H,20,22). The van der Waals surface area contributed by atoms with Crippen molar-refractivity contribution in [1.82, 2.24) is 15.4 Å². The lowest BCUT2D eigenvalue weighted by Gasteiger charge is -2.29. The highest BCUT2D eigenvalue weighted by Crippen LogP contribution is 2.31. The van der Waals surface area contributed by atoms with Gasteiger partial charge in [0, 0.05) is 24.6 Å². The van der Waals surface area contributed by atoms with Crippen LogP contribution in [0.25, 0.3) is 0 Å². The molecule has 0 aromatic heterocycles. The molecule has 150 valence electrons. The van der Waals surface area contributed by atoms with Crippen LogP contribution in [-0.4, -0.2) is 52.2 Å². The predicted octanol–water partition coefficient (Wildman–Crippen LogP) is 0.771. The van der Waals surface area contributed by atoms with Crippen LogP contribution in [0, 0.1) is 0 Å². The van der Waals surface area contributed by atoms with Crippen molar-refractivity contribution in [2.24, 2.45) is 0 Å². The maximum Gasteiger partial charge on any atom is 0.241 e. The SMILES string of the molecule is CC1CC(NC(=O)C(C)NS(=O)(=O)c2ccc3c(c2)OCCCO3)CCN1. The molecular weight excluding hydrogens is 370 g/mol. The highest BCUT2D eigenvalue weighted by Gasteiger charge is 2.26. The second kappa shape index (κ2) is 8.45. The van der Waals surface area contributed by atoms with Crippen molar-refractivity contribution in [3.8, 4) is 11.5 Å². The molecule has 0 aliphatic carbocycles. The van der Waals surface area contributed by atoms with Crippen molar-refractivity contribution in [3.05, 3.63) is 18.2 Å². The Morgan fingerprint density at radius 2 is 2.00 bits per heavy atom. The van der Waals surface area contributed by atoms with Crippen LogP contribution >= 0.6 is 0 Å². The summed E-state index contributed by atoms with van der Waals surface area (Å²) in [7, 11) is -3.86. The number of hydrogen-bond donors (Lipinski definition) is 3. The number of sulfonamides is 1. The second-order valence-corrected chi connectivity index (χ2v) is 8.80. The Morgan fingerprint density at radius 3 is 2.74 bits per heavy atom. The number of hydrogen-bond acceptors (Lipinski definition) is 6. The van der Waals surface area contributed by atoms with Crippen LogP contribution in [0.4, 0.5) is 0 Å². The van der Waals surface area contributed by atoms with E-state index in [0.29, 0.717) is 30.8 Å². The number of amides is 1. The van der Waals surface area contributed by atoms with E-state index in [2.05, 4.69) is 22.3 Å². The number of carbonyl (C=O) groups is 1. The van der Waals surface area contributed by atoms with Gasteiger partial charge in [0.2, 0.25) is 15.9 Å². The monoisotopic (exact) mass is 397 g/mol. The number of piperidine rings is 1. The molecule has 1 fully saturated rings. The van der Waals surface area contributed by atoms with Crippen LogP contribution < -0.4 is 24.8 Å². The van der Waals surface area contributed by atoms with E-state index in [9.17, 15) is 13.2 Å². The fraction of sp³-hybridized carbons (Fsp3) is 0.611. The number of fused-ring (bicyclic) bond motifs is 1. The van der Waals surface area contributed by atoms with Gasteiger partial charge in [0.15, 0.2) is 11.5 Å². The Labute approximate surface area is 160 Å². The van der Waals surface area contributed by atoms with Crippen LogP contribution in [0.15, 0.2) is 23.1 Å². The van der Waals surface area contributed by atoms with Crippen molar-refractivity contribution in [1.29, 1.82) is 0 Å². The summed E-state index contributed by atoms with van der Waals surface area (Å²) in [6.07, 6.45) is 2.40. The lowest BCUT2D eigenvalue weighted by Crippen LogP contribution is -2.52. The van der Waals surface area contributed by atoms with Gasteiger partial charge < -0.3 is 20.1 Å². The van der Waals surface area contributed by atoms with Crippen molar-refractivity contribution < 1.29 is 22.7 Å². The van der Waals surface area contributed by atoms with Gasteiger partial charge in [-0.25, -0.2) is 8.42 Å². The topological polar surface area (TPSA) is 106 Å². The van der Waals surface area contributed by atoms with E-state index in [-0.39, 0.29) is 16.8 Å². The first-order valence-corrected chi connectivity index (χ1v) is 10.8. The quantitative estimate of drug-likeness (QED) is 0.678. The highest BCUT2D eigenvalue weighted by molar-refractivity contribution is 7.89. The lowest BCUT2D eigenvalue weighted by atomic mass is 10.0. The van der Waals surface area contributed by atoms with E-state index in [0.717, 1.165) is 25.8 Å². The third-order valence-electron chi connectivity index (χ3n) is 4.72. The third-order valence-corrected chi connectivity index (χ3v) is 6.26. The molecule has 0 bridgehead atoms. The third kappa shape index (κ3) is 5.12. The number of ether oxygens (including phenoxy) is 2. The van der Waals surface area contributed by atoms with E-state index in [4.69, 9.17) is 9.47 Å². The molecule has 27 heavy (non-hydrogen) atoms. The Kier molecular flexibility index (Phi) is 6.23. The molecule has 2 aliphatic heterocycles. The molecule has 3 N–H and O–H groups in total. The first-order valence-electron chi connectivity index (χ1n) is 9.31. The molecular formula is C18H27N3O5S. The van der Waals surface area contributed by atoms with Crippen LogP contribution in [-0.2, 0) is 14.8 Å². The van der Waals surface area contributed by atoms with E-state index >= 15 is 0 Å². The summed E-state index contributed by atoms with van der Waals surface area (Å²) in [5.74, 6) is 0.598. The van der Waals surface area contributed by atoms with E-state index in [1.54, 1.807) is 13.0 Å². The molecule has 3 atom stereocenters. The van der Waals surface area contributed by atoms with Gasteiger partial charge in [-0.2, -0.15) is 4.72 Å². The Bertz CT molecular complexity index is 783. The van der Waals surface area contributed by atoms with Gasteiger partial charge in [-0.05, 0) is 45.4 Å². The van der Waals surface area contributed by atoms with Crippen molar-refractivity contribution in [3.63, 3.8) is 0 Å². The minimum absolute atomic E-state index is 0.0434. The van der Waals surface area contributed by atoms with Gasteiger partial charge in [-0.1, -0.05) is 0 Å². The number of benzene rings is 1. The lowest BCUT2D eigenvalue weighted by molar-refractivity contribution is -0.123. The molecule has 0 spiro atoms. The number of carbonyl (C=O) groups excluding carboxylic acids is 1. The minimum atomic E-state index is -3.86. The summed E-state index contributed by atoms with van der Waals surface area (Å²) >= 11 is 0. The molecule has 1 aromatic rings. The van der Waals surface area contributed by atoms with Gasteiger partial charge in [0.25, 0.3) is 0 Å². The molecule has 1 aromatic carbocycles.